The number of nitrogens with one attached hydrogen (secondary N) is 1. The van der Waals surface area contributed by atoms with Gasteiger partial charge in [-0.3, -0.25) is 0 Å². The van der Waals surface area contributed by atoms with Crippen LogP contribution in [0.2, 0.25) is 5.02 Å². The molecule has 0 aliphatic rings. The lowest BCUT2D eigenvalue weighted by Gasteiger charge is -2.23. The highest BCUT2D eigenvalue weighted by molar-refractivity contribution is 6.30. The zero-order chi connectivity index (χ0) is 14.3. The number of hydrogen-bond acceptors (Lipinski definition) is 1. The van der Waals surface area contributed by atoms with Crippen LogP contribution in [0.5, 0.6) is 0 Å². The van der Waals surface area contributed by atoms with Crippen LogP contribution < -0.4 is 5.32 Å². The first-order valence-electron chi connectivity index (χ1n) is 7.24. The van der Waals surface area contributed by atoms with Crippen molar-refractivity contribution in [2.75, 3.05) is 7.05 Å². The first-order valence-corrected chi connectivity index (χ1v) is 7.62. The molecular weight excluding hydrogens is 261 g/mol. The smallest absolute Gasteiger partial charge is 0.142 e. The molecule has 3 heteroatoms. The van der Waals surface area contributed by atoms with Gasteiger partial charge < -0.3 is 5.32 Å². The first kappa shape index (κ1) is 16.5. The second kappa shape index (κ2) is 8.55. The normalized spacial score (nSPS) is 14.4. The Balaban J connectivity index is 2.72. The molecule has 0 saturated heterocycles. The van der Waals surface area contributed by atoms with Gasteiger partial charge in [0.1, 0.15) is 5.82 Å². The largest absolute Gasteiger partial charge is 0.313 e. The van der Waals surface area contributed by atoms with E-state index in [1.54, 1.807) is 12.1 Å². The van der Waals surface area contributed by atoms with E-state index in [0.29, 0.717) is 5.92 Å². The molecule has 19 heavy (non-hydrogen) atoms. The van der Waals surface area contributed by atoms with Gasteiger partial charge in [-0.15, -0.1) is 0 Å². The molecule has 0 saturated carbocycles. The molecule has 108 valence electrons. The quantitative estimate of drug-likeness (QED) is 0.679. The average Bonchev–Trinajstić information content (AvgIpc) is 2.42. The van der Waals surface area contributed by atoms with Gasteiger partial charge in [-0.05, 0) is 37.1 Å². The summed E-state index contributed by atoms with van der Waals surface area (Å²) in [6.45, 7) is 4.45. The Morgan fingerprint density at radius 3 is 2.58 bits per heavy atom. The topological polar surface area (TPSA) is 12.0 Å². The second-order valence-corrected chi connectivity index (χ2v) is 5.57. The summed E-state index contributed by atoms with van der Waals surface area (Å²) in [6.07, 6.45) is 5.98. The van der Waals surface area contributed by atoms with Gasteiger partial charge in [-0.1, -0.05) is 57.2 Å². The molecule has 0 amide bonds. The number of rotatable bonds is 8. The fourth-order valence-corrected chi connectivity index (χ4v) is 2.58. The molecule has 0 aromatic heterocycles. The minimum atomic E-state index is -0.332. The molecule has 0 heterocycles. The van der Waals surface area contributed by atoms with Crippen molar-refractivity contribution in [3.05, 3.63) is 34.6 Å². The maximum Gasteiger partial charge on any atom is 0.142 e. The molecule has 0 spiro atoms. The number of hydrogen-bond donors (Lipinski definition) is 1. The van der Waals surface area contributed by atoms with Gasteiger partial charge in [0, 0.05) is 6.04 Å². The van der Waals surface area contributed by atoms with E-state index in [4.69, 9.17) is 11.6 Å². The molecule has 1 N–H and O–H groups in total. The van der Waals surface area contributed by atoms with Crippen molar-refractivity contribution in [2.24, 2.45) is 5.92 Å². The Kier molecular flexibility index (Phi) is 7.40. The van der Waals surface area contributed by atoms with E-state index < -0.39 is 0 Å². The molecule has 0 aliphatic carbocycles. The third kappa shape index (κ3) is 5.12. The fourth-order valence-electron chi connectivity index (χ4n) is 2.46. The van der Waals surface area contributed by atoms with Crippen LogP contribution in [0.25, 0.3) is 0 Å². The highest BCUT2D eigenvalue weighted by atomic mass is 35.5. The van der Waals surface area contributed by atoms with Gasteiger partial charge >= 0.3 is 0 Å². The van der Waals surface area contributed by atoms with Crippen LogP contribution in [-0.4, -0.2) is 7.05 Å². The molecule has 2 atom stereocenters. The van der Waals surface area contributed by atoms with Gasteiger partial charge in [-0.2, -0.15) is 0 Å². The highest BCUT2D eigenvalue weighted by Gasteiger charge is 2.16. The van der Waals surface area contributed by atoms with Crippen LogP contribution in [0.1, 0.15) is 57.6 Å². The molecule has 1 rings (SSSR count). The SMILES string of the molecule is CCCCC(CC)CC(NC)c1ccc(Cl)c(F)c1. The van der Waals surface area contributed by atoms with Crippen molar-refractivity contribution in [1.82, 2.24) is 5.32 Å². The lowest BCUT2D eigenvalue weighted by molar-refractivity contribution is 0.364. The van der Waals surface area contributed by atoms with E-state index in [1.165, 1.54) is 25.7 Å². The molecule has 0 aliphatic heterocycles. The van der Waals surface area contributed by atoms with Crippen LogP contribution in [0, 0.1) is 11.7 Å². The Bertz CT molecular complexity index is 381. The third-order valence-electron chi connectivity index (χ3n) is 3.81. The van der Waals surface area contributed by atoms with E-state index in [0.717, 1.165) is 12.0 Å². The minimum Gasteiger partial charge on any atom is -0.313 e. The Morgan fingerprint density at radius 1 is 1.32 bits per heavy atom. The summed E-state index contributed by atoms with van der Waals surface area (Å²) in [5.74, 6) is 0.358. The van der Waals surface area contributed by atoms with Crippen LogP contribution in [0.4, 0.5) is 4.39 Å². The van der Waals surface area contributed by atoms with Gasteiger partial charge in [0.15, 0.2) is 0 Å². The monoisotopic (exact) mass is 285 g/mol. The maximum atomic E-state index is 13.5. The summed E-state index contributed by atoms with van der Waals surface area (Å²) in [5, 5.41) is 3.49. The molecule has 1 aromatic rings. The minimum absolute atomic E-state index is 0.191. The summed E-state index contributed by atoms with van der Waals surface area (Å²) in [4.78, 5) is 0. The number of benzene rings is 1. The van der Waals surface area contributed by atoms with Crippen LogP contribution >= 0.6 is 11.6 Å². The zero-order valence-corrected chi connectivity index (χ0v) is 12.9. The van der Waals surface area contributed by atoms with Gasteiger partial charge in [0.05, 0.1) is 5.02 Å². The van der Waals surface area contributed by atoms with E-state index in [2.05, 4.69) is 19.2 Å². The summed E-state index contributed by atoms with van der Waals surface area (Å²) in [6, 6.07) is 5.31. The highest BCUT2D eigenvalue weighted by Crippen LogP contribution is 2.28. The maximum absolute atomic E-state index is 13.5. The van der Waals surface area contributed by atoms with Gasteiger partial charge in [0.25, 0.3) is 0 Å². The van der Waals surface area contributed by atoms with Crippen molar-refractivity contribution in [3.8, 4) is 0 Å². The molecule has 0 radical (unpaired) electrons. The third-order valence-corrected chi connectivity index (χ3v) is 4.11. The standard InChI is InChI=1S/C16H25ClFN/c1-4-6-7-12(5-2)10-16(19-3)13-8-9-14(17)15(18)11-13/h8-9,11-12,16,19H,4-7,10H2,1-3H3. The van der Waals surface area contributed by atoms with Crippen molar-refractivity contribution in [2.45, 2.75) is 52.0 Å². The van der Waals surface area contributed by atoms with E-state index >= 15 is 0 Å². The second-order valence-electron chi connectivity index (χ2n) is 5.17. The molecule has 2 unspecified atom stereocenters. The predicted octanol–water partition coefficient (Wildman–Crippen LogP) is 5.35. The van der Waals surface area contributed by atoms with Gasteiger partial charge in [-0.25, -0.2) is 4.39 Å². The Labute approximate surface area is 121 Å². The number of unbranched alkanes of at least 4 members (excludes halogenated alkanes) is 1. The lowest BCUT2D eigenvalue weighted by Crippen LogP contribution is -2.20. The summed E-state index contributed by atoms with van der Waals surface area (Å²) < 4.78 is 13.5. The van der Waals surface area contributed by atoms with E-state index in [-0.39, 0.29) is 16.9 Å². The van der Waals surface area contributed by atoms with Crippen LogP contribution in [0.3, 0.4) is 0 Å². The fraction of sp³-hybridized carbons (Fsp3) is 0.625. The summed E-state index contributed by atoms with van der Waals surface area (Å²) in [7, 11) is 1.93. The van der Waals surface area contributed by atoms with Crippen LogP contribution in [0.15, 0.2) is 18.2 Å². The van der Waals surface area contributed by atoms with Crippen LogP contribution in [-0.2, 0) is 0 Å². The predicted molar refractivity (Wildman–Crippen MR) is 81.1 cm³/mol. The van der Waals surface area contributed by atoms with Crippen molar-refractivity contribution in [3.63, 3.8) is 0 Å². The molecule has 1 nitrogen and oxygen atoms in total. The van der Waals surface area contributed by atoms with E-state index in [1.807, 2.05) is 13.1 Å². The van der Waals surface area contributed by atoms with Gasteiger partial charge in [0.2, 0.25) is 0 Å². The van der Waals surface area contributed by atoms with Crippen molar-refractivity contribution < 1.29 is 4.39 Å². The summed E-state index contributed by atoms with van der Waals surface area (Å²) >= 11 is 5.73. The lowest BCUT2D eigenvalue weighted by atomic mass is 9.89. The molecular formula is C16H25ClFN. The van der Waals surface area contributed by atoms with Crippen molar-refractivity contribution in [1.29, 1.82) is 0 Å². The first-order chi connectivity index (χ1) is 9.12. The number of halogens is 2. The molecule has 0 fully saturated rings. The van der Waals surface area contributed by atoms with E-state index in [9.17, 15) is 4.39 Å². The average molecular weight is 286 g/mol. The van der Waals surface area contributed by atoms with Crippen molar-refractivity contribution >= 4 is 11.6 Å². The zero-order valence-electron chi connectivity index (χ0n) is 12.2. The molecule has 0 bridgehead atoms. The Morgan fingerprint density at radius 2 is 2.05 bits per heavy atom. The summed E-state index contributed by atoms with van der Waals surface area (Å²) in [5.41, 5.74) is 0.986. The molecule has 1 aromatic carbocycles. The Hall–Kier alpha value is -0.600.